The van der Waals surface area contributed by atoms with Gasteiger partial charge in [0.25, 0.3) is 0 Å². The second-order valence-corrected chi connectivity index (χ2v) is 22.3. The first-order valence-corrected chi connectivity index (χ1v) is 26.3. The summed E-state index contributed by atoms with van der Waals surface area (Å²) in [5, 5.41) is 68.3. The Morgan fingerprint density at radius 1 is 0.971 bits per heavy atom. The summed E-state index contributed by atoms with van der Waals surface area (Å²) in [6, 6.07) is 7.61. The number of ether oxygens (including phenoxy) is 6. The molecule has 0 spiro atoms. The molecule has 0 saturated carbocycles. The average molecular weight is 994 g/mol. The molecular weight excluding hydrogens is 907 g/mol. The number of carbonyl (C=O) groups excluding carboxylic acids is 1. The van der Waals surface area contributed by atoms with E-state index in [9.17, 15) is 30.3 Å². The topological polar surface area (TPSA) is 211 Å². The zero-order chi connectivity index (χ0) is 51.2. The number of methoxy groups -OCH3 is 1. The summed E-state index contributed by atoms with van der Waals surface area (Å²) in [5.74, 6) is -2.58. The number of aliphatic hydroxyl groups excluding tert-OH is 3. The summed E-state index contributed by atoms with van der Waals surface area (Å²) in [4.78, 5) is 19.7. The number of nitrogens with zero attached hydrogens (tertiary/aromatic N) is 5. The van der Waals surface area contributed by atoms with Gasteiger partial charge in [0, 0.05) is 68.7 Å². The van der Waals surface area contributed by atoms with Crippen molar-refractivity contribution in [1.82, 2.24) is 24.8 Å². The summed E-state index contributed by atoms with van der Waals surface area (Å²) >= 11 is 1.72. The number of rotatable bonds is 15. The Hall–Kier alpha value is -2.30. The highest BCUT2D eigenvalue weighted by Crippen LogP contribution is 2.39. The summed E-state index contributed by atoms with van der Waals surface area (Å²) in [7, 11) is 5.36. The van der Waals surface area contributed by atoms with Crippen molar-refractivity contribution in [3.63, 3.8) is 0 Å². The quantitative estimate of drug-likeness (QED) is 0.126. The lowest BCUT2D eigenvalue weighted by Crippen LogP contribution is -2.60. The van der Waals surface area contributed by atoms with Crippen molar-refractivity contribution in [1.29, 1.82) is 0 Å². The molecule has 3 saturated heterocycles. The van der Waals surface area contributed by atoms with Crippen LogP contribution >= 0.6 is 11.8 Å². The van der Waals surface area contributed by atoms with E-state index < -0.39 is 95.8 Å². The second-order valence-electron chi connectivity index (χ2n) is 21.4. The van der Waals surface area contributed by atoms with Crippen LogP contribution in [0.25, 0.3) is 0 Å². The van der Waals surface area contributed by atoms with Crippen LogP contribution in [0.4, 0.5) is 0 Å². The van der Waals surface area contributed by atoms with E-state index >= 15 is 0 Å². The molecule has 5 N–H and O–H groups in total. The standard InChI is InChI=1S/C51H87N5O12S/c1-15-41-51(10,62)44(58)34(6)55(12)27-30(2)25-49(8,61)46(32(4)43(33(5)47(60)67-41)64-29-38-26-50(9,63-13)45(59)35(7)66-38)68-48-42(57)40(24-31(3)65-48)54(11)22-21-37-28-56(53-52-37)23-20-36-16-18-39(69-14)19-17-36/h16-19,28,30-35,38,40-46,48,57-59,61-62H,15,20-27,29H2,1-14H3/t30-,31-,32+,33-,34-,35+,38-,40+,41-,42-,43+,44-,45+,46-,48+,49-,50-,51-/m1/s1. The lowest BCUT2D eigenvalue weighted by molar-refractivity contribution is -0.301. The first-order valence-electron chi connectivity index (χ1n) is 25.1. The molecular formula is C51H87N5O12S. The molecule has 394 valence electrons. The van der Waals surface area contributed by atoms with E-state index in [0.29, 0.717) is 38.9 Å². The molecule has 69 heavy (non-hydrogen) atoms. The molecule has 3 aliphatic rings. The van der Waals surface area contributed by atoms with Gasteiger partial charge in [-0.15, -0.1) is 16.9 Å². The van der Waals surface area contributed by atoms with Gasteiger partial charge in [0.2, 0.25) is 0 Å². The van der Waals surface area contributed by atoms with Gasteiger partial charge >= 0.3 is 5.97 Å². The lowest BCUT2D eigenvalue weighted by Gasteiger charge is -2.48. The number of hydrogen-bond donors (Lipinski definition) is 5. The van der Waals surface area contributed by atoms with Crippen LogP contribution in [-0.4, -0.2) is 194 Å². The molecule has 0 radical (unpaired) electrons. The van der Waals surface area contributed by atoms with Gasteiger partial charge in [-0.2, -0.15) is 0 Å². The molecule has 18 atom stereocenters. The maximum Gasteiger partial charge on any atom is 0.311 e. The van der Waals surface area contributed by atoms with Crippen molar-refractivity contribution in [2.24, 2.45) is 17.8 Å². The van der Waals surface area contributed by atoms with Gasteiger partial charge in [-0.1, -0.05) is 38.1 Å². The molecule has 0 aliphatic carbocycles. The van der Waals surface area contributed by atoms with E-state index in [-0.39, 0.29) is 37.5 Å². The summed E-state index contributed by atoms with van der Waals surface area (Å²) < 4.78 is 40.1. The molecule has 1 aromatic carbocycles. The number of esters is 1. The molecule has 1 aromatic heterocycles. The van der Waals surface area contributed by atoms with E-state index in [1.807, 2.05) is 64.5 Å². The minimum absolute atomic E-state index is 0.00376. The number of cyclic esters (lactones) is 1. The molecule has 0 unspecified atom stereocenters. The van der Waals surface area contributed by atoms with Gasteiger partial charge in [0.15, 0.2) is 6.29 Å². The molecule has 3 fully saturated rings. The minimum Gasteiger partial charge on any atom is -0.459 e. The molecule has 0 bridgehead atoms. The second kappa shape index (κ2) is 24.6. The minimum atomic E-state index is -1.81. The molecule has 3 aliphatic heterocycles. The Balaban J connectivity index is 1.41. The Labute approximate surface area is 415 Å². The summed E-state index contributed by atoms with van der Waals surface area (Å²) in [6.45, 7) is 19.6. The highest BCUT2D eigenvalue weighted by Gasteiger charge is 2.51. The number of likely N-dealkylation sites (N-methyl/N-ethyl adjacent to an activating group) is 2. The fourth-order valence-electron chi connectivity index (χ4n) is 11.0. The van der Waals surface area contributed by atoms with Gasteiger partial charge in [0.05, 0.1) is 59.9 Å². The summed E-state index contributed by atoms with van der Waals surface area (Å²) in [6.07, 6.45) is -2.30. The largest absolute Gasteiger partial charge is 0.459 e. The number of carbonyl (C=O) groups is 1. The van der Waals surface area contributed by atoms with Crippen LogP contribution in [0, 0.1) is 17.8 Å². The number of aryl methyl sites for hydroxylation is 2. The monoisotopic (exact) mass is 994 g/mol. The van der Waals surface area contributed by atoms with Crippen molar-refractivity contribution in [2.45, 2.75) is 209 Å². The third kappa shape index (κ3) is 14.3. The molecule has 18 heteroatoms. The van der Waals surface area contributed by atoms with Crippen LogP contribution in [0.5, 0.6) is 0 Å². The third-order valence-corrected chi connectivity index (χ3v) is 16.2. The van der Waals surface area contributed by atoms with Gasteiger partial charge < -0.3 is 63.8 Å². The lowest BCUT2D eigenvalue weighted by atomic mass is 9.77. The number of aliphatic hydroxyl groups is 5. The van der Waals surface area contributed by atoms with Crippen molar-refractivity contribution in [2.75, 3.05) is 47.2 Å². The van der Waals surface area contributed by atoms with Crippen LogP contribution < -0.4 is 0 Å². The van der Waals surface area contributed by atoms with E-state index in [2.05, 4.69) is 45.7 Å². The zero-order valence-corrected chi connectivity index (χ0v) is 44.7. The fourth-order valence-corrected chi connectivity index (χ4v) is 11.4. The van der Waals surface area contributed by atoms with Crippen LogP contribution in [0.15, 0.2) is 35.4 Å². The predicted octanol–water partition coefficient (Wildman–Crippen LogP) is 4.11. The van der Waals surface area contributed by atoms with Crippen molar-refractivity contribution in [3.8, 4) is 0 Å². The van der Waals surface area contributed by atoms with Crippen molar-refractivity contribution >= 4 is 17.7 Å². The average Bonchev–Trinajstić information content (AvgIpc) is 3.77. The Morgan fingerprint density at radius 3 is 2.29 bits per heavy atom. The van der Waals surface area contributed by atoms with Crippen LogP contribution in [0.1, 0.15) is 106 Å². The van der Waals surface area contributed by atoms with Gasteiger partial charge in [-0.3, -0.25) is 9.48 Å². The highest BCUT2D eigenvalue weighted by molar-refractivity contribution is 7.98. The molecule has 0 amide bonds. The van der Waals surface area contributed by atoms with Crippen molar-refractivity contribution < 1.29 is 58.7 Å². The van der Waals surface area contributed by atoms with Crippen LogP contribution in [0.2, 0.25) is 0 Å². The number of hydrogen-bond acceptors (Lipinski definition) is 17. The molecule has 17 nitrogen and oxygen atoms in total. The summed E-state index contributed by atoms with van der Waals surface area (Å²) in [5.41, 5.74) is -2.25. The number of benzene rings is 1. The van der Waals surface area contributed by atoms with Gasteiger partial charge in [-0.25, -0.2) is 0 Å². The van der Waals surface area contributed by atoms with Crippen LogP contribution in [-0.2, 0) is 52.6 Å². The fraction of sp³-hybridized carbons (Fsp3) is 0.824. The Morgan fingerprint density at radius 2 is 1.65 bits per heavy atom. The number of thioether (sulfide) groups is 1. The van der Waals surface area contributed by atoms with Crippen molar-refractivity contribution in [3.05, 3.63) is 41.7 Å². The smallest absolute Gasteiger partial charge is 0.311 e. The molecule has 4 heterocycles. The number of aromatic nitrogens is 3. The van der Waals surface area contributed by atoms with E-state index in [0.717, 1.165) is 12.1 Å². The molecule has 2 aromatic rings. The van der Waals surface area contributed by atoms with E-state index in [1.165, 1.54) is 17.4 Å². The van der Waals surface area contributed by atoms with Gasteiger partial charge in [-0.05, 0) is 118 Å². The normalized spacial score (nSPS) is 40.3. The van der Waals surface area contributed by atoms with E-state index in [1.54, 1.807) is 46.6 Å². The first-order chi connectivity index (χ1) is 32.3. The van der Waals surface area contributed by atoms with Gasteiger partial charge in [0.1, 0.15) is 30.0 Å². The highest BCUT2D eigenvalue weighted by atomic mass is 32.2. The third-order valence-electron chi connectivity index (χ3n) is 15.5. The Bertz CT molecular complexity index is 1890. The zero-order valence-electron chi connectivity index (χ0n) is 43.9. The first kappa shape index (κ1) is 57.6. The van der Waals surface area contributed by atoms with Crippen LogP contribution in [0.3, 0.4) is 0 Å². The predicted molar refractivity (Wildman–Crippen MR) is 264 cm³/mol. The maximum atomic E-state index is 14.4. The Kier molecular flexibility index (Phi) is 20.5. The molecule has 5 rings (SSSR count). The SMILES string of the molecule is CC[C@H]1OC(=O)[C@H](C)[C@@H](OC[C@H]2C[C@@](C)(OC)[C@@H](O)[C@H](C)O2)[C@H](C)[C@@H](O[C@@H]2O[C@H](C)C[C@H](N(C)CCc3cn(CCc4ccc(SC)cc4)nn3)[C@H]2O)[C@](C)(O)C[C@@H](C)CN(C)[C@H](C)[C@@H](O)[C@]1(C)O. The van der Waals surface area contributed by atoms with E-state index in [4.69, 9.17) is 28.4 Å². The maximum absolute atomic E-state index is 14.4.